The summed E-state index contributed by atoms with van der Waals surface area (Å²) in [7, 11) is 0. The molecule has 1 heterocycles. The average molecular weight is 410 g/mol. The van der Waals surface area contributed by atoms with Gasteiger partial charge in [-0.15, -0.1) is 0 Å². The molecule has 0 bridgehead atoms. The molecule has 0 amide bonds. The molecule has 4 rings (SSSR count). The lowest BCUT2D eigenvalue weighted by molar-refractivity contribution is 0.797. The van der Waals surface area contributed by atoms with E-state index in [4.69, 9.17) is 5.73 Å². The molecule has 4 aromatic rings. The SMILES string of the molecule is Cc1ccc(NC(N)=NCc2ccccc2-c2ccc(Cn3ccnc3)cc2)cc1C. The van der Waals surface area contributed by atoms with Crippen LogP contribution in [0.4, 0.5) is 5.69 Å². The van der Waals surface area contributed by atoms with Crippen LogP contribution in [0.3, 0.4) is 0 Å². The van der Waals surface area contributed by atoms with Gasteiger partial charge < -0.3 is 15.6 Å². The van der Waals surface area contributed by atoms with Gasteiger partial charge in [-0.25, -0.2) is 9.98 Å². The zero-order valence-electron chi connectivity index (χ0n) is 17.9. The molecule has 0 saturated carbocycles. The van der Waals surface area contributed by atoms with Crippen LogP contribution in [0.2, 0.25) is 0 Å². The van der Waals surface area contributed by atoms with Crippen LogP contribution in [-0.4, -0.2) is 15.5 Å². The smallest absolute Gasteiger partial charge is 0.193 e. The maximum Gasteiger partial charge on any atom is 0.193 e. The van der Waals surface area contributed by atoms with Crippen molar-refractivity contribution in [2.75, 3.05) is 5.32 Å². The molecular formula is C26H27N5. The van der Waals surface area contributed by atoms with E-state index in [0.29, 0.717) is 12.5 Å². The fourth-order valence-electron chi connectivity index (χ4n) is 3.50. The van der Waals surface area contributed by atoms with Gasteiger partial charge in [0.2, 0.25) is 0 Å². The summed E-state index contributed by atoms with van der Waals surface area (Å²) < 4.78 is 2.06. The second kappa shape index (κ2) is 9.30. The number of guanidine groups is 1. The topological polar surface area (TPSA) is 68.2 Å². The Labute approximate surface area is 183 Å². The van der Waals surface area contributed by atoms with Gasteiger partial charge in [0.05, 0.1) is 12.9 Å². The Bertz CT molecular complexity index is 1170. The molecule has 0 unspecified atom stereocenters. The van der Waals surface area contributed by atoms with Gasteiger partial charge in [-0.2, -0.15) is 0 Å². The van der Waals surface area contributed by atoms with E-state index >= 15 is 0 Å². The van der Waals surface area contributed by atoms with Gasteiger partial charge in [0, 0.05) is 24.6 Å². The quantitative estimate of drug-likeness (QED) is 0.342. The first-order chi connectivity index (χ1) is 15.1. The van der Waals surface area contributed by atoms with E-state index in [1.807, 2.05) is 24.7 Å². The van der Waals surface area contributed by atoms with Crippen molar-refractivity contribution < 1.29 is 0 Å². The van der Waals surface area contributed by atoms with E-state index in [0.717, 1.165) is 17.8 Å². The molecule has 3 aromatic carbocycles. The van der Waals surface area contributed by atoms with E-state index in [-0.39, 0.29) is 0 Å². The van der Waals surface area contributed by atoms with Crippen LogP contribution in [0, 0.1) is 13.8 Å². The number of rotatable bonds is 6. The van der Waals surface area contributed by atoms with Gasteiger partial charge in [0.25, 0.3) is 0 Å². The second-order valence-corrected chi connectivity index (χ2v) is 7.71. The van der Waals surface area contributed by atoms with Crippen molar-refractivity contribution in [2.45, 2.75) is 26.9 Å². The first-order valence-corrected chi connectivity index (χ1v) is 10.4. The molecule has 3 N–H and O–H groups in total. The molecule has 0 atom stereocenters. The van der Waals surface area contributed by atoms with Crippen LogP contribution < -0.4 is 11.1 Å². The molecule has 5 nitrogen and oxygen atoms in total. The lowest BCUT2D eigenvalue weighted by atomic mass is 9.98. The molecule has 0 aliphatic rings. The Hall–Kier alpha value is -3.86. The number of aryl methyl sites for hydroxylation is 2. The molecule has 5 heteroatoms. The standard InChI is InChI=1S/C26H27N5/c1-19-7-12-24(15-20(19)2)30-26(27)29-16-23-5-3-4-6-25(23)22-10-8-21(9-11-22)17-31-14-13-28-18-31/h3-15,18H,16-17H2,1-2H3,(H3,27,29,30). The largest absolute Gasteiger partial charge is 0.370 e. The summed E-state index contributed by atoms with van der Waals surface area (Å²) in [6.45, 7) is 5.51. The molecule has 31 heavy (non-hydrogen) atoms. The highest BCUT2D eigenvalue weighted by Crippen LogP contribution is 2.25. The summed E-state index contributed by atoms with van der Waals surface area (Å²) in [4.78, 5) is 8.67. The number of nitrogens with zero attached hydrogens (tertiary/aromatic N) is 3. The summed E-state index contributed by atoms with van der Waals surface area (Å²) in [6, 6.07) is 23.1. The number of aromatic nitrogens is 2. The number of hydrogen-bond acceptors (Lipinski definition) is 2. The first-order valence-electron chi connectivity index (χ1n) is 10.4. The number of nitrogens with one attached hydrogen (secondary N) is 1. The molecule has 0 spiro atoms. The van der Waals surface area contributed by atoms with Crippen LogP contribution in [-0.2, 0) is 13.1 Å². The summed E-state index contributed by atoms with van der Waals surface area (Å²) in [5.41, 5.74) is 14.3. The van der Waals surface area contributed by atoms with Crippen LogP contribution >= 0.6 is 0 Å². The lowest BCUT2D eigenvalue weighted by Crippen LogP contribution is -2.22. The van der Waals surface area contributed by atoms with Crippen molar-refractivity contribution in [1.29, 1.82) is 0 Å². The Morgan fingerprint density at radius 1 is 1.00 bits per heavy atom. The van der Waals surface area contributed by atoms with Crippen molar-refractivity contribution in [3.05, 3.63) is 108 Å². The van der Waals surface area contributed by atoms with Gasteiger partial charge in [-0.1, -0.05) is 54.6 Å². The lowest BCUT2D eigenvalue weighted by Gasteiger charge is -2.11. The van der Waals surface area contributed by atoms with Crippen molar-refractivity contribution in [1.82, 2.24) is 9.55 Å². The minimum atomic E-state index is 0.411. The van der Waals surface area contributed by atoms with E-state index in [2.05, 4.69) is 88.3 Å². The molecule has 156 valence electrons. The number of benzene rings is 3. The van der Waals surface area contributed by atoms with Gasteiger partial charge in [-0.3, -0.25) is 0 Å². The van der Waals surface area contributed by atoms with Crippen molar-refractivity contribution in [2.24, 2.45) is 10.7 Å². The van der Waals surface area contributed by atoms with E-state index in [9.17, 15) is 0 Å². The van der Waals surface area contributed by atoms with Crippen molar-refractivity contribution >= 4 is 11.6 Å². The number of imidazole rings is 1. The summed E-state index contributed by atoms with van der Waals surface area (Å²) >= 11 is 0. The van der Waals surface area contributed by atoms with Crippen molar-refractivity contribution in [3.63, 3.8) is 0 Å². The Morgan fingerprint density at radius 3 is 2.55 bits per heavy atom. The van der Waals surface area contributed by atoms with E-state index in [1.165, 1.54) is 27.8 Å². The van der Waals surface area contributed by atoms with Crippen LogP contribution in [0.15, 0.2) is 90.4 Å². The first kappa shape index (κ1) is 20.4. The van der Waals surface area contributed by atoms with Gasteiger partial charge in [-0.05, 0) is 59.4 Å². The molecular weight excluding hydrogens is 382 g/mol. The molecule has 0 saturated heterocycles. The average Bonchev–Trinajstić information content (AvgIpc) is 3.29. The predicted molar refractivity (Wildman–Crippen MR) is 128 cm³/mol. The minimum absolute atomic E-state index is 0.411. The summed E-state index contributed by atoms with van der Waals surface area (Å²) in [5, 5.41) is 3.19. The van der Waals surface area contributed by atoms with Gasteiger partial charge in [0.15, 0.2) is 5.96 Å². The zero-order chi connectivity index (χ0) is 21.6. The highest BCUT2D eigenvalue weighted by atomic mass is 15.1. The Balaban J connectivity index is 1.47. The third-order valence-electron chi connectivity index (χ3n) is 5.41. The van der Waals surface area contributed by atoms with Gasteiger partial charge >= 0.3 is 0 Å². The number of hydrogen-bond donors (Lipinski definition) is 2. The van der Waals surface area contributed by atoms with Crippen molar-refractivity contribution in [3.8, 4) is 11.1 Å². The molecule has 0 fully saturated rings. The normalized spacial score (nSPS) is 11.5. The van der Waals surface area contributed by atoms with Gasteiger partial charge in [0.1, 0.15) is 0 Å². The number of aliphatic imine (C=N–C) groups is 1. The summed E-state index contributed by atoms with van der Waals surface area (Å²) in [6.07, 6.45) is 5.60. The minimum Gasteiger partial charge on any atom is -0.370 e. The maximum atomic E-state index is 6.15. The zero-order valence-corrected chi connectivity index (χ0v) is 17.9. The molecule has 0 aliphatic heterocycles. The molecule has 0 aliphatic carbocycles. The predicted octanol–water partition coefficient (Wildman–Crippen LogP) is 5.14. The Kier molecular flexibility index (Phi) is 6.13. The Morgan fingerprint density at radius 2 is 1.81 bits per heavy atom. The number of nitrogens with two attached hydrogens (primary N) is 1. The third-order valence-corrected chi connectivity index (χ3v) is 5.41. The monoisotopic (exact) mass is 409 g/mol. The third kappa shape index (κ3) is 5.20. The van der Waals surface area contributed by atoms with E-state index < -0.39 is 0 Å². The van der Waals surface area contributed by atoms with Crippen LogP contribution in [0.1, 0.15) is 22.3 Å². The fourth-order valence-corrected chi connectivity index (χ4v) is 3.50. The molecule has 0 radical (unpaired) electrons. The summed E-state index contributed by atoms with van der Waals surface area (Å²) in [5.74, 6) is 0.411. The highest BCUT2D eigenvalue weighted by Gasteiger charge is 2.06. The van der Waals surface area contributed by atoms with E-state index in [1.54, 1.807) is 6.20 Å². The second-order valence-electron chi connectivity index (χ2n) is 7.71. The molecule has 1 aromatic heterocycles. The highest BCUT2D eigenvalue weighted by molar-refractivity contribution is 5.92. The maximum absolute atomic E-state index is 6.15. The van der Waals surface area contributed by atoms with Crippen LogP contribution in [0.25, 0.3) is 11.1 Å². The fraction of sp³-hybridized carbons (Fsp3) is 0.154. The number of anilines is 1. The van der Waals surface area contributed by atoms with Crippen LogP contribution in [0.5, 0.6) is 0 Å².